The van der Waals surface area contributed by atoms with E-state index in [-0.39, 0.29) is 23.9 Å². The Kier molecular flexibility index (Phi) is 3.68. The van der Waals surface area contributed by atoms with Crippen molar-refractivity contribution >= 4 is 28.7 Å². The third-order valence-electron chi connectivity index (χ3n) is 4.34. The Bertz CT molecular complexity index is 1050. The van der Waals surface area contributed by atoms with Crippen LogP contribution in [-0.4, -0.2) is 33.1 Å². The summed E-state index contributed by atoms with van der Waals surface area (Å²) in [5.74, 6) is -1.79. The van der Waals surface area contributed by atoms with E-state index in [0.29, 0.717) is 27.9 Å². The maximum atomic E-state index is 13.0. The van der Waals surface area contributed by atoms with Gasteiger partial charge in [-0.15, -0.1) is 0 Å². The van der Waals surface area contributed by atoms with E-state index in [2.05, 4.69) is 15.3 Å². The molecule has 3 aromatic rings. The van der Waals surface area contributed by atoms with Crippen LogP contribution < -0.4 is 5.32 Å². The number of fused-ring (bicyclic) bond motifs is 1. The normalized spacial score (nSPS) is 18.7. The smallest absolute Gasteiger partial charge is 0.354 e. The molecule has 1 aliphatic carbocycles. The van der Waals surface area contributed by atoms with Gasteiger partial charge in [-0.3, -0.25) is 4.79 Å². The first-order valence-electron chi connectivity index (χ1n) is 7.99. The number of oxazole rings is 1. The lowest BCUT2D eigenvalue weighted by atomic mass is 10.1. The second kappa shape index (κ2) is 5.91. The van der Waals surface area contributed by atoms with Gasteiger partial charge in [-0.1, -0.05) is 0 Å². The number of carboxylic acids is 1. The molecule has 2 aromatic heterocycles. The molecule has 0 radical (unpaired) electrons. The molecule has 1 aliphatic rings. The van der Waals surface area contributed by atoms with Crippen LogP contribution in [0, 0.1) is 12.8 Å². The van der Waals surface area contributed by atoms with E-state index < -0.39 is 18.1 Å². The molecule has 4 rings (SSSR count). The fourth-order valence-electron chi connectivity index (χ4n) is 2.77. The fourth-order valence-corrected chi connectivity index (χ4v) is 2.77. The Hall–Kier alpha value is -3.29. The highest BCUT2D eigenvalue weighted by Crippen LogP contribution is 2.35. The largest absolute Gasteiger partial charge is 0.477 e. The number of rotatable bonds is 4. The first-order chi connectivity index (χ1) is 12.4. The third-order valence-corrected chi connectivity index (χ3v) is 4.34. The monoisotopic (exact) mass is 355 g/mol. The lowest BCUT2D eigenvalue weighted by Gasteiger charge is -2.03. The van der Waals surface area contributed by atoms with Crippen LogP contribution in [0.15, 0.2) is 34.9 Å². The van der Waals surface area contributed by atoms with Gasteiger partial charge in [0.15, 0.2) is 11.3 Å². The minimum Gasteiger partial charge on any atom is -0.477 e. The van der Waals surface area contributed by atoms with Crippen molar-refractivity contribution in [3.05, 3.63) is 41.7 Å². The maximum absolute atomic E-state index is 13.0. The van der Waals surface area contributed by atoms with Crippen molar-refractivity contribution in [1.82, 2.24) is 9.97 Å². The predicted octanol–water partition coefficient (Wildman–Crippen LogP) is 3.19. The number of aromatic nitrogens is 2. The first kappa shape index (κ1) is 16.2. The molecule has 2 atom stereocenters. The number of hydrogen-bond acceptors (Lipinski definition) is 5. The van der Waals surface area contributed by atoms with E-state index in [4.69, 9.17) is 4.42 Å². The summed E-state index contributed by atoms with van der Waals surface area (Å²) in [5, 5.41) is 11.8. The van der Waals surface area contributed by atoms with Crippen LogP contribution >= 0.6 is 0 Å². The van der Waals surface area contributed by atoms with E-state index in [1.807, 2.05) is 0 Å². The number of alkyl halides is 1. The van der Waals surface area contributed by atoms with Gasteiger partial charge in [-0.2, -0.15) is 0 Å². The van der Waals surface area contributed by atoms with Crippen LogP contribution in [0.1, 0.15) is 22.5 Å². The summed E-state index contributed by atoms with van der Waals surface area (Å²) < 4.78 is 18.7. The summed E-state index contributed by atoms with van der Waals surface area (Å²) in [6.07, 6.45) is 0.584. The number of anilines is 1. The lowest BCUT2D eigenvalue weighted by Crippen LogP contribution is -2.14. The number of benzene rings is 1. The molecule has 1 fully saturated rings. The van der Waals surface area contributed by atoms with Crippen molar-refractivity contribution in [2.24, 2.45) is 5.92 Å². The zero-order valence-electron chi connectivity index (χ0n) is 13.7. The molecule has 1 amide bonds. The SMILES string of the molecule is Cc1c(-c2nc3cc(NC(=O)[C@@H]4C[C@@H]4F)ccc3o2)ccnc1C(=O)O. The van der Waals surface area contributed by atoms with Gasteiger partial charge < -0.3 is 14.8 Å². The Labute approximate surface area is 146 Å². The van der Waals surface area contributed by atoms with Crippen molar-refractivity contribution in [3.63, 3.8) is 0 Å². The van der Waals surface area contributed by atoms with Crippen molar-refractivity contribution in [2.45, 2.75) is 19.5 Å². The number of hydrogen-bond donors (Lipinski definition) is 2. The average molecular weight is 355 g/mol. The van der Waals surface area contributed by atoms with Crippen LogP contribution in [0.25, 0.3) is 22.6 Å². The highest BCUT2D eigenvalue weighted by atomic mass is 19.1. The van der Waals surface area contributed by atoms with E-state index in [1.165, 1.54) is 6.20 Å². The van der Waals surface area contributed by atoms with Crippen LogP contribution in [0.3, 0.4) is 0 Å². The Morgan fingerprint density at radius 1 is 1.35 bits per heavy atom. The average Bonchev–Trinajstić information content (AvgIpc) is 3.18. The van der Waals surface area contributed by atoms with E-state index in [9.17, 15) is 19.1 Å². The molecule has 0 aliphatic heterocycles. The molecule has 0 unspecified atom stereocenters. The zero-order valence-corrected chi connectivity index (χ0v) is 13.7. The van der Waals surface area contributed by atoms with Gasteiger partial charge in [0.05, 0.1) is 5.92 Å². The molecule has 2 heterocycles. The van der Waals surface area contributed by atoms with Crippen LogP contribution in [0.4, 0.5) is 10.1 Å². The van der Waals surface area contributed by atoms with Gasteiger partial charge in [0.1, 0.15) is 11.7 Å². The number of halogens is 1. The minimum atomic E-state index is -1.13. The predicted molar refractivity (Wildman–Crippen MR) is 90.6 cm³/mol. The van der Waals surface area contributed by atoms with E-state index >= 15 is 0 Å². The molecule has 26 heavy (non-hydrogen) atoms. The van der Waals surface area contributed by atoms with Gasteiger partial charge in [0, 0.05) is 17.4 Å². The minimum absolute atomic E-state index is 0.0667. The highest BCUT2D eigenvalue weighted by molar-refractivity contribution is 5.96. The molecule has 0 bridgehead atoms. The molecule has 1 aromatic carbocycles. The fraction of sp³-hybridized carbons (Fsp3) is 0.222. The van der Waals surface area contributed by atoms with Crippen molar-refractivity contribution < 1.29 is 23.5 Å². The Morgan fingerprint density at radius 3 is 2.81 bits per heavy atom. The Morgan fingerprint density at radius 2 is 2.12 bits per heavy atom. The molecule has 2 N–H and O–H groups in total. The summed E-state index contributed by atoms with van der Waals surface area (Å²) in [6, 6.07) is 6.55. The van der Waals surface area contributed by atoms with E-state index in [1.54, 1.807) is 31.2 Å². The molecular weight excluding hydrogens is 341 g/mol. The molecule has 7 nitrogen and oxygen atoms in total. The van der Waals surface area contributed by atoms with Crippen molar-refractivity contribution in [3.8, 4) is 11.5 Å². The molecule has 8 heteroatoms. The number of nitrogens with zero attached hydrogens (tertiary/aromatic N) is 2. The highest BCUT2D eigenvalue weighted by Gasteiger charge is 2.43. The summed E-state index contributed by atoms with van der Waals surface area (Å²) in [7, 11) is 0. The number of nitrogens with one attached hydrogen (secondary N) is 1. The summed E-state index contributed by atoms with van der Waals surface area (Å²) in [6.45, 7) is 1.63. The standard InChI is InChI=1S/C18H14FN3O4/c1-8-10(4-5-20-15(8)18(24)25)17-22-13-6-9(2-3-14(13)26-17)21-16(23)11-7-12(11)19/h2-6,11-12H,7H2,1H3,(H,21,23)(H,24,25)/t11-,12+/m1/s1. The number of carboxylic acid groups (broad SMARTS) is 1. The van der Waals surface area contributed by atoms with Crippen molar-refractivity contribution in [1.29, 1.82) is 0 Å². The maximum Gasteiger partial charge on any atom is 0.354 e. The Balaban J connectivity index is 1.67. The summed E-state index contributed by atoms with van der Waals surface area (Å²) >= 11 is 0. The van der Waals surface area contributed by atoms with Gasteiger partial charge in [0.2, 0.25) is 11.8 Å². The third kappa shape index (κ3) is 2.79. The molecule has 0 spiro atoms. The van der Waals surface area contributed by atoms with Gasteiger partial charge in [-0.05, 0) is 43.2 Å². The van der Waals surface area contributed by atoms with Gasteiger partial charge >= 0.3 is 5.97 Å². The lowest BCUT2D eigenvalue weighted by molar-refractivity contribution is -0.117. The number of carbonyl (C=O) groups is 2. The zero-order chi connectivity index (χ0) is 18.4. The molecule has 132 valence electrons. The van der Waals surface area contributed by atoms with Crippen LogP contribution in [-0.2, 0) is 4.79 Å². The molecule has 0 saturated heterocycles. The van der Waals surface area contributed by atoms with Crippen molar-refractivity contribution in [2.75, 3.05) is 5.32 Å². The number of carbonyl (C=O) groups excluding carboxylic acids is 1. The first-order valence-corrected chi connectivity index (χ1v) is 7.99. The van der Waals surface area contributed by atoms with Crippen LogP contribution in [0.2, 0.25) is 0 Å². The van der Waals surface area contributed by atoms with Gasteiger partial charge in [0.25, 0.3) is 0 Å². The van der Waals surface area contributed by atoms with Crippen LogP contribution in [0.5, 0.6) is 0 Å². The second-order valence-corrected chi connectivity index (χ2v) is 6.19. The number of amides is 1. The molecular formula is C18H14FN3O4. The van der Waals surface area contributed by atoms with Gasteiger partial charge in [-0.25, -0.2) is 19.2 Å². The summed E-state index contributed by atoms with van der Waals surface area (Å²) in [5.41, 5.74) is 2.39. The topological polar surface area (TPSA) is 105 Å². The molecule has 1 saturated carbocycles. The number of pyridine rings is 1. The second-order valence-electron chi connectivity index (χ2n) is 6.19. The summed E-state index contributed by atoms with van der Waals surface area (Å²) in [4.78, 5) is 31.3. The number of aromatic carboxylic acids is 1. The van der Waals surface area contributed by atoms with E-state index in [0.717, 1.165) is 0 Å². The quantitative estimate of drug-likeness (QED) is 0.744.